The van der Waals surface area contributed by atoms with Crippen molar-refractivity contribution in [2.75, 3.05) is 18.9 Å². The Morgan fingerprint density at radius 1 is 1.00 bits per heavy atom. The average Bonchev–Trinajstić information content (AvgIpc) is 3.35. The summed E-state index contributed by atoms with van der Waals surface area (Å²) in [6.45, 7) is 1.53. The highest BCUT2D eigenvalue weighted by molar-refractivity contribution is 5.90. The molecule has 0 amide bonds. The molecule has 1 fully saturated rings. The van der Waals surface area contributed by atoms with Crippen LogP contribution in [-0.4, -0.2) is 37.6 Å². The van der Waals surface area contributed by atoms with Crippen molar-refractivity contribution in [2.24, 2.45) is 0 Å². The SMILES string of the molecule is Nc1ncnn2c(-c3ccccc3)cc(-c3ccnn3C3CCOCC3)c12. The van der Waals surface area contributed by atoms with Gasteiger partial charge in [0.1, 0.15) is 11.8 Å². The van der Waals surface area contributed by atoms with Crippen LogP contribution in [0.15, 0.2) is 55.0 Å². The third-order valence-corrected chi connectivity index (χ3v) is 5.14. The second kappa shape index (κ2) is 6.51. The monoisotopic (exact) mass is 360 g/mol. The standard InChI is InChI=1S/C20H20N6O/c21-20-19-16(17-6-9-23-25(17)15-7-10-27-11-8-15)12-18(26(19)24-13-22-20)14-4-2-1-3-5-14/h1-6,9,12-13,15H,7-8,10-11H2,(H2,21,22,24). The fraction of sp³-hybridized carbons (Fsp3) is 0.250. The van der Waals surface area contributed by atoms with Gasteiger partial charge in [-0.1, -0.05) is 30.3 Å². The Bertz CT molecular complexity index is 1080. The maximum atomic E-state index is 6.26. The summed E-state index contributed by atoms with van der Waals surface area (Å²) in [5, 5.41) is 9.07. The molecule has 1 aromatic carbocycles. The first-order valence-corrected chi connectivity index (χ1v) is 9.12. The number of hydrogen-bond donors (Lipinski definition) is 1. The van der Waals surface area contributed by atoms with Gasteiger partial charge in [0, 0.05) is 30.5 Å². The van der Waals surface area contributed by atoms with Crippen LogP contribution in [-0.2, 0) is 4.74 Å². The molecule has 0 spiro atoms. The number of benzene rings is 1. The van der Waals surface area contributed by atoms with Crippen molar-refractivity contribution in [1.82, 2.24) is 24.4 Å². The van der Waals surface area contributed by atoms with Crippen LogP contribution in [0.1, 0.15) is 18.9 Å². The summed E-state index contributed by atoms with van der Waals surface area (Å²) in [7, 11) is 0. The fourth-order valence-corrected chi connectivity index (χ4v) is 3.83. The lowest BCUT2D eigenvalue weighted by molar-refractivity contribution is 0.0667. The van der Waals surface area contributed by atoms with E-state index >= 15 is 0 Å². The van der Waals surface area contributed by atoms with E-state index in [9.17, 15) is 0 Å². The molecule has 1 aliphatic rings. The summed E-state index contributed by atoms with van der Waals surface area (Å²) in [5.74, 6) is 0.460. The van der Waals surface area contributed by atoms with Crippen LogP contribution in [0.5, 0.6) is 0 Å². The lowest BCUT2D eigenvalue weighted by Crippen LogP contribution is -2.21. The molecule has 0 aliphatic carbocycles. The molecule has 27 heavy (non-hydrogen) atoms. The van der Waals surface area contributed by atoms with E-state index in [2.05, 4.69) is 38.1 Å². The molecule has 0 atom stereocenters. The molecule has 5 rings (SSSR count). The Labute approximate surface area is 156 Å². The summed E-state index contributed by atoms with van der Waals surface area (Å²) < 4.78 is 9.48. The zero-order valence-corrected chi connectivity index (χ0v) is 14.8. The molecule has 1 saturated heterocycles. The van der Waals surface area contributed by atoms with E-state index in [-0.39, 0.29) is 0 Å². The molecule has 0 saturated carbocycles. The summed E-state index contributed by atoms with van der Waals surface area (Å²) in [6, 6.07) is 14.7. The molecule has 4 heterocycles. The normalized spacial score (nSPS) is 15.4. The fourth-order valence-electron chi connectivity index (χ4n) is 3.83. The van der Waals surface area contributed by atoms with Gasteiger partial charge in [-0.15, -0.1) is 0 Å². The van der Waals surface area contributed by atoms with Crippen molar-refractivity contribution in [3.8, 4) is 22.5 Å². The van der Waals surface area contributed by atoms with Crippen molar-refractivity contribution < 1.29 is 4.74 Å². The summed E-state index contributed by atoms with van der Waals surface area (Å²) in [4.78, 5) is 4.22. The molecular formula is C20H20N6O. The van der Waals surface area contributed by atoms with Gasteiger partial charge < -0.3 is 10.5 Å². The summed E-state index contributed by atoms with van der Waals surface area (Å²) in [5.41, 5.74) is 11.2. The molecule has 1 aliphatic heterocycles. The number of nitrogens with zero attached hydrogens (tertiary/aromatic N) is 5. The topological polar surface area (TPSA) is 83.3 Å². The zero-order chi connectivity index (χ0) is 18.2. The number of nitrogens with two attached hydrogens (primary N) is 1. The highest BCUT2D eigenvalue weighted by Crippen LogP contribution is 2.36. The minimum absolute atomic E-state index is 0.324. The first-order valence-electron chi connectivity index (χ1n) is 9.12. The second-order valence-corrected chi connectivity index (χ2v) is 6.72. The highest BCUT2D eigenvalue weighted by Gasteiger charge is 2.23. The second-order valence-electron chi connectivity index (χ2n) is 6.72. The number of ether oxygens (including phenoxy) is 1. The minimum atomic E-state index is 0.324. The van der Waals surface area contributed by atoms with E-state index in [1.54, 1.807) is 0 Å². The number of aromatic nitrogens is 5. The Hall–Kier alpha value is -3.19. The van der Waals surface area contributed by atoms with Crippen LogP contribution >= 0.6 is 0 Å². The summed E-state index contributed by atoms with van der Waals surface area (Å²) in [6.07, 6.45) is 5.25. The third kappa shape index (κ3) is 2.67. The largest absolute Gasteiger partial charge is 0.382 e. The van der Waals surface area contributed by atoms with E-state index in [1.165, 1.54) is 6.33 Å². The van der Waals surface area contributed by atoms with Crippen molar-refractivity contribution >= 4 is 11.3 Å². The molecular weight excluding hydrogens is 340 g/mol. The predicted molar refractivity (Wildman–Crippen MR) is 103 cm³/mol. The van der Waals surface area contributed by atoms with E-state index in [1.807, 2.05) is 35.0 Å². The minimum Gasteiger partial charge on any atom is -0.382 e. The number of nitrogen functional groups attached to an aromatic ring is 1. The van der Waals surface area contributed by atoms with Crippen molar-refractivity contribution in [3.05, 3.63) is 55.0 Å². The van der Waals surface area contributed by atoms with Gasteiger partial charge in [0.25, 0.3) is 0 Å². The first kappa shape index (κ1) is 16.0. The van der Waals surface area contributed by atoms with Gasteiger partial charge in [0.05, 0.1) is 17.4 Å². The quantitative estimate of drug-likeness (QED) is 0.607. The van der Waals surface area contributed by atoms with Gasteiger partial charge in [0.15, 0.2) is 5.82 Å². The van der Waals surface area contributed by atoms with E-state index < -0.39 is 0 Å². The highest BCUT2D eigenvalue weighted by atomic mass is 16.5. The van der Waals surface area contributed by atoms with Crippen LogP contribution in [0.2, 0.25) is 0 Å². The van der Waals surface area contributed by atoms with Gasteiger partial charge in [-0.3, -0.25) is 4.68 Å². The smallest absolute Gasteiger partial charge is 0.152 e. The van der Waals surface area contributed by atoms with Gasteiger partial charge in [-0.2, -0.15) is 10.2 Å². The van der Waals surface area contributed by atoms with Crippen LogP contribution < -0.4 is 5.73 Å². The molecule has 0 bridgehead atoms. The Kier molecular flexibility index (Phi) is 3.86. The van der Waals surface area contributed by atoms with Crippen molar-refractivity contribution in [3.63, 3.8) is 0 Å². The number of rotatable bonds is 3. The maximum absolute atomic E-state index is 6.26. The van der Waals surface area contributed by atoms with Crippen LogP contribution in [0.25, 0.3) is 28.0 Å². The van der Waals surface area contributed by atoms with E-state index in [0.717, 1.165) is 54.1 Å². The van der Waals surface area contributed by atoms with Crippen LogP contribution in [0.4, 0.5) is 5.82 Å². The van der Waals surface area contributed by atoms with E-state index in [0.29, 0.717) is 11.9 Å². The van der Waals surface area contributed by atoms with Gasteiger partial charge >= 0.3 is 0 Å². The average molecular weight is 360 g/mol. The molecule has 0 radical (unpaired) electrons. The molecule has 3 aromatic heterocycles. The molecule has 136 valence electrons. The molecule has 0 unspecified atom stereocenters. The van der Waals surface area contributed by atoms with Crippen LogP contribution in [0.3, 0.4) is 0 Å². The molecule has 7 nitrogen and oxygen atoms in total. The Morgan fingerprint density at radius 2 is 1.81 bits per heavy atom. The maximum Gasteiger partial charge on any atom is 0.152 e. The molecule has 2 N–H and O–H groups in total. The van der Waals surface area contributed by atoms with Gasteiger partial charge in [-0.25, -0.2) is 9.50 Å². The van der Waals surface area contributed by atoms with E-state index in [4.69, 9.17) is 10.5 Å². The van der Waals surface area contributed by atoms with Gasteiger partial charge in [-0.05, 0) is 25.0 Å². The third-order valence-electron chi connectivity index (χ3n) is 5.14. The predicted octanol–water partition coefficient (Wildman–Crippen LogP) is 3.19. The summed E-state index contributed by atoms with van der Waals surface area (Å²) >= 11 is 0. The Balaban J connectivity index is 1.72. The Morgan fingerprint density at radius 3 is 2.63 bits per heavy atom. The van der Waals surface area contributed by atoms with Crippen molar-refractivity contribution in [1.29, 1.82) is 0 Å². The lowest BCUT2D eigenvalue weighted by atomic mass is 10.1. The number of hydrogen-bond acceptors (Lipinski definition) is 5. The van der Waals surface area contributed by atoms with Crippen LogP contribution in [0, 0.1) is 0 Å². The molecule has 7 heteroatoms. The zero-order valence-electron chi connectivity index (χ0n) is 14.8. The number of anilines is 1. The lowest BCUT2D eigenvalue weighted by Gasteiger charge is -2.24. The first-order chi connectivity index (χ1) is 13.3. The van der Waals surface area contributed by atoms with Gasteiger partial charge in [0.2, 0.25) is 0 Å². The van der Waals surface area contributed by atoms with Crippen molar-refractivity contribution in [2.45, 2.75) is 18.9 Å². The number of fused-ring (bicyclic) bond motifs is 1. The molecule has 4 aromatic rings.